The molecule has 0 saturated carbocycles. The van der Waals surface area contributed by atoms with Gasteiger partial charge in [0.05, 0.1) is 21.4 Å². The van der Waals surface area contributed by atoms with E-state index in [1.54, 1.807) is 0 Å². The summed E-state index contributed by atoms with van der Waals surface area (Å²) in [5, 5.41) is 5.39. The lowest BCUT2D eigenvalue weighted by Gasteiger charge is -2.24. The SMILES string of the molecule is CCc1nn(CC)c(CN(CCC(N)=S)CC(C)C)c1Cl. The van der Waals surface area contributed by atoms with Gasteiger partial charge in [-0.25, -0.2) is 0 Å². The summed E-state index contributed by atoms with van der Waals surface area (Å²) in [4.78, 5) is 2.92. The molecule has 1 rings (SSSR count). The summed E-state index contributed by atoms with van der Waals surface area (Å²) in [5.41, 5.74) is 7.71. The van der Waals surface area contributed by atoms with Crippen LogP contribution in [0.3, 0.4) is 0 Å². The average molecular weight is 331 g/mol. The zero-order valence-corrected chi connectivity index (χ0v) is 15.1. The zero-order valence-electron chi connectivity index (χ0n) is 13.5. The smallest absolute Gasteiger partial charge is 0.0863 e. The molecule has 0 spiro atoms. The maximum absolute atomic E-state index is 6.49. The summed E-state index contributed by atoms with van der Waals surface area (Å²) in [6, 6.07) is 0. The second kappa shape index (κ2) is 8.71. The Morgan fingerprint density at radius 2 is 2.10 bits per heavy atom. The van der Waals surface area contributed by atoms with Gasteiger partial charge in [-0.1, -0.05) is 44.6 Å². The summed E-state index contributed by atoms with van der Waals surface area (Å²) >= 11 is 11.5. The third kappa shape index (κ3) is 5.57. The monoisotopic (exact) mass is 330 g/mol. The Hall–Kier alpha value is -0.650. The van der Waals surface area contributed by atoms with Crippen molar-refractivity contribution in [2.45, 2.75) is 53.6 Å². The van der Waals surface area contributed by atoms with E-state index in [0.717, 1.165) is 55.4 Å². The molecule has 1 aromatic heterocycles. The summed E-state index contributed by atoms with van der Waals surface area (Å²) in [6.45, 7) is 12.1. The highest BCUT2D eigenvalue weighted by molar-refractivity contribution is 7.80. The Bertz CT molecular complexity index is 470. The summed E-state index contributed by atoms with van der Waals surface area (Å²) in [5.74, 6) is 0.582. The number of aryl methyl sites for hydroxylation is 2. The van der Waals surface area contributed by atoms with Gasteiger partial charge in [0.25, 0.3) is 0 Å². The quantitative estimate of drug-likeness (QED) is 0.706. The van der Waals surface area contributed by atoms with Crippen molar-refractivity contribution in [3.63, 3.8) is 0 Å². The minimum Gasteiger partial charge on any atom is -0.393 e. The lowest BCUT2D eigenvalue weighted by Crippen LogP contribution is -2.31. The van der Waals surface area contributed by atoms with E-state index < -0.39 is 0 Å². The fourth-order valence-corrected chi connectivity index (χ4v) is 2.82. The third-order valence-electron chi connectivity index (χ3n) is 3.37. The Kier molecular flexibility index (Phi) is 7.63. The van der Waals surface area contributed by atoms with Crippen LogP contribution in [0.4, 0.5) is 0 Å². The van der Waals surface area contributed by atoms with E-state index in [-0.39, 0.29) is 0 Å². The van der Waals surface area contributed by atoms with Crippen LogP contribution in [0.2, 0.25) is 5.02 Å². The molecular formula is C15H27ClN4S. The fourth-order valence-electron chi connectivity index (χ4n) is 2.40. The lowest BCUT2D eigenvalue weighted by molar-refractivity contribution is 0.236. The van der Waals surface area contributed by atoms with Crippen molar-refractivity contribution in [3.05, 3.63) is 16.4 Å². The van der Waals surface area contributed by atoms with Crippen molar-refractivity contribution >= 4 is 28.8 Å². The van der Waals surface area contributed by atoms with Crippen molar-refractivity contribution in [2.75, 3.05) is 13.1 Å². The van der Waals surface area contributed by atoms with Crippen molar-refractivity contribution in [1.29, 1.82) is 0 Å². The number of hydrogen-bond acceptors (Lipinski definition) is 3. The molecule has 21 heavy (non-hydrogen) atoms. The standard InChI is InChI=1S/C15H27ClN4S/c1-5-12-15(16)13(20(6-2)18-12)10-19(9-11(3)4)8-7-14(17)21/h11H,5-10H2,1-4H3,(H2,17,21). The van der Waals surface area contributed by atoms with Crippen molar-refractivity contribution < 1.29 is 0 Å². The molecule has 6 heteroatoms. The van der Waals surface area contributed by atoms with Crippen LogP contribution in [0.15, 0.2) is 0 Å². The van der Waals surface area contributed by atoms with Crippen LogP contribution in [0.1, 0.15) is 45.5 Å². The average Bonchev–Trinajstić information content (AvgIpc) is 2.72. The number of nitrogens with zero attached hydrogens (tertiary/aromatic N) is 3. The van der Waals surface area contributed by atoms with E-state index >= 15 is 0 Å². The zero-order chi connectivity index (χ0) is 16.0. The van der Waals surface area contributed by atoms with Crippen molar-refractivity contribution in [3.8, 4) is 0 Å². The maximum atomic E-state index is 6.49. The van der Waals surface area contributed by atoms with Crippen molar-refractivity contribution in [2.24, 2.45) is 11.7 Å². The molecule has 0 aromatic carbocycles. The molecule has 0 aliphatic heterocycles. The first-order valence-electron chi connectivity index (χ1n) is 7.63. The molecule has 0 bridgehead atoms. The molecular weight excluding hydrogens is 304 g/mol. The van der Waals surface area contributed by atoms with Crippen LogP contribution in [-0.4, -0.2) is 32.8 Å². The second-order valence-corrected chi connectivity index (χ2v) is 6.62. The highest BCUT2D eigenvalue weighted by atomic mass is 35.5. The van der Waals surface area contributed by atoms with Gasteiger partial charge in [-0.3, -0.25) is 9.58 Å². The first-order valence-corrected chi connectivity index (χ1v) is 8.42. The van der Waals surface area contributed by atoms with Gasteiger partial charge in [-0.05, 0) is 19.3 Å². The normalized spacial score (nSPS) is 11.6. The Morgan fingerprint density at radius 1 is 1.43 bits per heavy atom. The molecule has 1 heterocycles. The molecule has 0 fully saturated rings. The van der Waals surface area contributed by atoms with E-state index in [1.165, 1.54) is 0 Å². The minimum atomic E-state index is 0.563. The van der Waals surface area contributed by atoms with E-state index in [4.69, 9.17) is 29.6 Å². The fraction of sp³-hybridized carbons (Fsp3) is 0.733. The van der Waals surface area contributed by atoms with Gasteiger partial charge < -0.3 is 5.73 Å². The van der Waals surface area contributed by atoms with Gasteiger partial charge in [0.15, 0.2) is 0 Å². The molecule has 0 atom stereocenters. The van der Waals surface area contributed by atoms with Gasteiger partial charge in [0.1, 0.15) is 0 Å². The molecule has 120 valence electrons. The van der Waals surface area contributed by atoms with Crippen LogP contribution in [0.25, 0.3) is 0 Å². The number of rotatable bonds is 9. The Labute approximate surface area is 138 Å². The van der Waals surface area contributed by atoms with Gasteiger partial charge in [0, 0.05) is 32.6 Å². The summed E-state index contributed by atoms with van der Waals surface area (Å²) in [6.07, 6.45) is 1.59. The number of nitrogens with two attached hydrogens (primary N) is 1. The van der Waals surface area contributed by atoms with Crippen LogP contribution in [0.5, 0.6) is 0 Å². The third-order valence-corrected chi connectivity index (χ3v) is 4.01. The van der Waals surface area contributed by atoms with E-state index in [9.17, 15) is 0 Å². The number of thiocarbonyl (C=S) groups is 1. The molecule has 0 aliphatic rings. The highest BCUT2D eigenvalue weighted by Gasteiger charge is 2.18. The number of hydrogen-bond donors (Lipinski definition) is 1. The summed E-state index contributed by atoms with van der Waals surface area (Å²) in [7, 11) is 0. The van der Waals surface area contributed by atoms with Gasteiger partial charge >= 0.3 is 0 Å². The van der Waals surface area contributed by atoms with Gasteiger partial charge in [0.2, 0.25) is 0 Å². The molecule has 4 nitrogen and oxygen atoms in total. The lowest BCUT2D eigenvalue weighted by atomic mass is 10.2. The van der Waals surface area contributed by atoms with E-state index in [1.807, 2.05) is 4.68 Å². The number of halogens is 1. The molecule has 2 N–H and O–H groups in total. The Balaban J connectivity index is 2.90. The minimum absolute atomic E-state index is 0.563. The van der Waals surface area contributed by atoms with Gasteiger partial charge in [-0.2, -0.15) is 5.10 Å². The number of aromatic nitrogens is 2. The molecule has 0 amide bonds. The van der Waals surface area contributed by atoms with Crippen LogP contribution in [0, 0.1) is 5.92 Å². The van der Waals surface area contributed by atoms with Crippen LogP contribution >= 0.6 is 23.8 Å². The molecule has 0 aliphatic carbocycles. The topological polar surface area (TPSA) is 47.1 Å². The molecule has 0 unspecified atom stereocenters. The first-order chi connectivity index (χ1) is 9.88. The molecule has 0 saturated heterocycles. The highest BCUT2D eigenvalue weighted by Crippen LogP contribution is 2.23. The summed E-state index contributed by atoms with van der Waals surface area (Å²) < 4.78 is 2.01. The van der Waals surface area contributed by atoms with E-state index in [0.29, 0.717) is 10.9 Å². The predicted molar refractivity (Wildman–Crippen MR) is 93.8 cm³/mol. The van der Waals surface area contributed by atoms with Crippen LogP contribution < -0.4 is 5.73 Å². The second-order valence-electron chi connectivity index (χ2n) is 5.72. The first kappa shape index (κ1) is 18.4. The van der Waals surface area contributed by atoms with Crippen LogP contribution in [-0.2, 0) is 19.5 Å². The van der Waals surface area contributed by atoms with E-state index in [2.05, 4.69) is 37.7 Å². The largest absolute Gasteiger partial charge is 0.393 e. The molecule has 0 radical (unpaired) electrons. The van der Waals surface area contributed by atoms with Crippen molar-refractivity contribution in [1.82, 2.24) is 14.7 Å². The molecule has 1 aromatic rings. The maximum Gasteiger partial charge on any atom is 0.0863 e. The van der Waals surface area contributed by atoms with Gasteiger partial charge in [-0.15, -0.1) is 0 Å². The Morgan fingerprint density at radius 3 is 2.57 bits per heavy atom. The predicted octanol–water partition coefficient (Wildman–Crippen LogP) is 3.25.